The van der Waals surface area contributed by atoms with Crippen LogP contribution in [0.1, 0.15) is 0 Å². The number of thioether (sulfide) groups is 1. The smallest absolute Gasteiger partial charge is 0.234 e. The summed E-state index contributed by atoms with van der Waals surface area (Å²) < 4.78 is 1.02. The van der Waals surface area contributed by atoms with E-state index in [9.17, 15) is 4.79 Å². The molecule has 0 aliphatic rings. The number of carbonyl (C=O) groups excluding carboxylic acids is 1. The van der Waals surface area contributed by atoms with Crippen LogP contribution in [0.15, 0.2) is 88.2 Å². The Balaban J connectivity index is 1.48. The summed E-state index contributed by atoms with van der Waals surface area (Å²) in [4.78, 5) is 13.5. The molecule has 4 heteroatoms. The molecule has 2 nitrogen and oxygen atoms in total. The van der Waals surface area contributed by atoms with Gasteiger partial charge in [0, 0.05) is 20.4 Å². The largest absolute Gasteiger partial charge is 0.325 e. The summed E-state index contributed by atoms with van der Waals surface area (Å²) in [6.07, 6.45) is 0. The van der Waals surface area contributed by atoms with Crippen molar-refractivity contribution in [2.24, 2.45) is 0 Å². The van der Waals surface area contributed by atoms with Crippen molar-refractivity contribution in [1.29, 1.82) is 0 Å². The van der Waals surface area contributed by atoms with E-state index >= 15 is 0 Å². The van der Waals surface area contributed by atoms with Crippen LogP contribution in [0, 0.1) is 0 Å². The predicted molar refractivity (Wildman–Crippen MR) is 115 cm³/mol. The molecule has 0 saturated heterocycles. The highest BCUT2D eigenvalue weighted by atomic mass is 79.9. The van der Waals surface area contributed by atoms with Gasteiger partial charge in [-0.25, -0.2) is 0 Å². The minimum absolute atomic E-state index is 0.00404. The molecule has 0 unspecified atom stereocenters. The summed E-state index contributed by atoms with van der Waals surface area (Å²) >= 11 is 5.11. The first-order chi connectivity index (χ1) is 12.7. The minimum atomic E-state index is -0.00404. The lowest BCUT2D eigenvalue weighted by Gasteiger charge is -2.10. The van der Waals surface area contributed by atoms with Crippen LogP contribution in [0.3, 0.4) is 0 Å². The second-order valence-electron chi connectivity index (χ2n) is 5.99. The Labute approximate surface area is 164 Å². The molecule has 0 aliphatic heterocycles. The standard InChI is InChI=1S/C22H16BrNOS/c23-20-11-12-21(19-8-4-3-7-18(19)20)24-22(25)14-26-17-10-9-15-5-1-2-6-16(15)13-17/h1-13H,14H2,(H,24,25). The molecule has 4 rings (SSSR count). The molecule has 0 bridgehead atoms. The second-order valence-corrected chi connectivity index (χ2v) is 7.89. The van der Waals surface area contributed by atoms with Gasteiger partial charge in [-0.1, -0.05) is 70.5 Å². The van der Waals surface area contributed by atoms with Crippen molar-refractivity contribution >= 4 is 60.8 Å². The second kappa shape index (κ2) is 7.52. The van der Waals surface area contributed by atoms with Gasteiger partial charge in [-0.05, 0) is 40.4 Å². The van der Waals surface area contributed by atoms with Crippen LogP contribution in [0.25, 0.3) is 21.5 Å². The zero-order chi connectivity index (χ0) is 17.9. The van der Waals surface area contributed by atoms with Crippen molar-refractivity contribution in [3.05, 3.63) is 83.3 Å². The van der Waals surface area contributed by atoms with E-state index in [0.717, 1.165) is 25.8 Å². The number of anilines is 1. The van der Waals surface area contributed by atoms with E-state index in [0.29, 0.717) is 5.75 Å². The number of halogens is 1. The van der Waals surface area contributed by atoms with Crippen LogP contribution in [0.5, 0.6) is 0 Å². The Morgan fingerprint density at radius 1 is 0.846 bits per heavy atom. The highest BCUT2D eigenvalue weighted by molar-refractivity contribution is 9.10. The summed E-state index contributed by atoms with van der Waals surface area (Å²) in [5.41, 5.74) is 0.841. The maximum atomic E-state index is 12.4. The van der Waals surface area contributed by atoms with Gasteiger partial charge < -0.3 is 5.32 Å². The van der Waals surface area contributed by atoms with Gasteiger partial charge in [-0.15, -0.1) is 11.8 Å². The van der Waals surface area contributed by atoms with E-state index in [4.69, 9.17) is 0 Å². The molecule has 0 aliphatic carbocycles. The number of carbonyl (C=O) groups is 1. The van der Waals surface area contributed by atoms with Crippen LogP contribution in [0.2, 0.25) is 0 Å². The van der Waals surface area contributed by atoms with Crippen molar-refractivity contribution in [2.45, 2.75) is 4.90 Å². The van der Waals surface area contributed by atoms with Gasteiger partial charge in [0.15, 0.2) is 0 Å². The first-order valence-corrected chi connectivity index (χ1v) is 10.1. The Morgan fingerprint density at radius 2 is 1.58 bits per heavy atom. The lowest BCUT2D eigenvalue weighted by atomic mass is 10.1. The van der Waals surface area contributed by atoms with Crippen LogP contribution >= 0.6 is 27.7 Å². The van der Waals surface area contributed by atoms with Gasteiger partial charge >= 0.3 is 0 Å². The minimum Gasteiger partial charge on any atom is -0.325 e. The first-order valence-electron chi connectivity index (χ1n) is 8.29. The van der Waals surface area contributed by atoms with Crippen molar-refractivity contribution in [3.63, 3.8) is 0 Å². The summed E-state index contributed by atoms with van der Waals surface area (Å²) in [7, 11) is 0. The fourth-order valence-electron chi connectivity index (χ4n) is 2.96. The molecule has 0 atom stereocenters. The zero-order valence-corrected chi connectivity index (χ0v) is 16.3. The summed E-state index contributed by atoms with van der Waals surface area (Å²) in [5, 5.41) is 7.56. The quantitative estimate of drug-likeness (QED) is 0.381. The van der Waals surface area contributed by atoms with E-state index in [-0.39, 0.29) is 5.91 Å². The van der Waals surface area contributed by atoms with Gasteiger partial charge in [-0.2, -0.15) is 0 Å². The van der Waals surface area contributed by atoms with E-state index in [1.807, 2.05) is 48.5 Å². The highest BCUT2D eigenvalue weighted by Crippen LogP contribution is 2.30. The molecule has 0 fully saturated rings. The van der Waals surface area contributed by atoms with Crippen LogP contribution < -0.4 is 5.32 Å². The van der Waals surface area contributed by atoms with E-state index in [2.05, 4.69) is 51.6 Å². The lowest BCUT2D eigenvalue weighted by Crippen LogP contribution is -2.14. The van der Waals surface area contributed by atoms with Crippen molar-refractivity contribution in [1.82, 2.24) is 0 Å². The van der Waals surface area contributed by atoms with Crippen LogP contribution in [-0.4, -0.2) is 11.7 Å². The summed E-state index contributed by atoms with van der Waals surface area (Å²) in [6, 6.07) is 26.5. The number of hydrogen-bond donors (Lipinski definition) is 1. The Bertz CT molecular complexity index is 1110. The number of hydrogen-bond acceptors (Lipinski definition) is 2. The van der Waals surface area contributed by atoms with Crippen LogP contribution in [-0.2, 0) is 4.79 Å². The molecule has 0 saturated carbocycles. The van der Waals surface area contributed by atoms with Gasteiger partial charge in [0.2, 0.25) is 5.91 Å². The fourth-order valence-corrected chi connectivity index (χ4v) is 4.19. The average molecular weight is 422 g/mol. The zero-order valence-electron chi connectivity index (χ0n) is 13.9. The van der Waals surface area contributed by atoms with Gasteiger partial charge in [0.1, 0.15) is 0 Å². The molecule has 0 spiro atoms. The van der Waals surface area contributed by atoms with E-state index in [1.165, 1.54) is 10.8 Å². The third-order valence-corrected chi connectivity index (χ3v) is 5.92. The molecule has 0 aromatic heterocycles. The molecule has 4 aromatic carbocycles. The molecule has 26 heavy (non-hydrogen) atoms. The normalized spacial score (nSPS) is 11.0. The Kier molecular flexibility index (Phi) is 4.96. The monoisotopic (exact) mass is 421 g/mol. The average Bonchev–Trinajstić information content (AvgIpc) is 2.68. The Hall–Kier alpha value is -2.30. The number of fused-ring (bicyclic) bond motifs is 2. The molecule has 128 valence electrons. The number of nitrogens with one attached hydrogen (secondary N) is 1. The number of benzene rings is 4. The van der Waals surface area contributed by atoms with Crippen LogP contribution in [0.4, 0.5) is 5.69 Å². The summed E-state index contributed by atoms with van der Waals surface area (Å²) in [5.74, 6) is 0.374. The number of amides is 1. The molecule has 4 aromatic rings. The van der Waals surface area contributed by atoms with E-state index < -0.39 is 0 Å². The van der Waals surface area contributed by atoms with Gasteiger partial charge in [0.25, 0.3) is 0 Å². The number of rotatable bonds is 4. The molecular formula is C22H16BrNOS. The van der Waals surface area contributed by atoms with Gasteiger partial charge in [-0.3, -0.25) is 4.79 Å². The van der Waals surface area contributed by atoms with Crippen molar-refractivity contribution in [2.75, 3.05) is 11.1 Å². The fraction of sp³-hybridized carbons (Fsp3) is 0.0455. The third-order valence-electron chi connectivity index (χ3n) is 4.24. The SMILES string of the molecule is O=C(CSc1ccc2ccccc2c1)Nc1ccc(Br)c2ccccc12. The maximum Gasteiger partial charge on any atom is 0.234 e. The first kappa shape index (κ1) is 17.1. The van der Waals surface area contributed by atoms with Crippen molar-refractivity contribution in [3.8, 4) is 0 Å². The lowest BCUT2D eigenvalue weighted by molar-refractivity contribution is -0.113. The molecule has 1 amide bonds. The summed E-state index contributed by atoms with van der Waals surface area (Å²) in [6.45, 7) is 0. The molecule has 0 radical (unpaired) electrons. The third kappa shape index (κ3) is 3.62. The molecular weight excluding hydrogens is 406 g/mol. The molecule has 1 N–H and O–H groups in total. The predicted octanol–water partition coefficient (Wildman–Crippen LogP) is 6.49. The molecule has 0 heterocycles. The Morgan fingerprint density at radius 3 is 2.42 bits per heavy atom. The van der Waals surface area contributed by atoms with E-state index in [1.54, 1.807) is 11.8 Å². The van der Waals surface area contributed by atoms with Crippen molar-refractivity contribution < 1.29 is 4.79 Å². The van der Waals surface area contributed by atoms with Gasteiger partial charge in [0.05, 0.1) is 5.75 Å². The topological polar surface area (TPSA) is 29.1 Å². The maximum absolute atomic E-state index is 12.4. The highest BCUT2D eigenvalue weighted by Gasteiger charge is 2.08.